The van der Waals surface area contributed by atoms with Gasteiger partial charge in [0.1, 0.15) is 5.75 Å². The topological polar surface area (TPSA) is 49.9 Å². The Morgan fingerprint density at radius 3 is 2.28 bits per heavy atom. The maximum absolute atomic E-state index is 12.9. The molecule has 0 unspecified atom stereocenters. The molecule has 0 amide bonds. The fourth-order valence-electron chi connectivity index (χ4n) is 2.95. The number of rotatable bonds is 5. The van der Waals surface area contributed by atoms with Crippen LogP contribution in [-0.2, 0) is 10.0 Å². The lowest BCUT2D eigenvalue weighted by molar-refractivity contribution is 0.411. The molecular weight excluding hydrogens is 451 g/mol. The van der Waals surface area contributed by atoms with E-state index in [1.54, 1.807) is 32.4 Å². The molecule has 134 valence electrons. The minimum atomic E-state index is -3.61. The van der Waals surface area contributed by atoms with E-state index in [1.165, 1.54) is 17.1 Å². The molecule has 1 heterocycles. The number of hydrogen-bond donors (Lipinski definition) is 0. The number of nitrogens with zero attached hydrogens (tertiary/aromatic N) is 2. The third-order valence-corrected chi connectivity index (χ3v) is 7.09. The Bertz CT molecular complexity index is 847. The Hall–Kier alpha value is -1.48. The molecule has 0 N–H and O–H groups in total. The van der Waals surface area contributed by atoms with E-state index in [-0.39, 0.29) is 4.90 Å². The van der Waals surface area contributed by atoms with Crippen molar-refractivity contribution in [2.45, 2.75) is 17.7 Å². The minimum absolute atomic E-state index is 0.254. The first-order valence-corrected chi connectivity index (χ1v) is 10.6. The zero-order valence-electron chi connectivity index (χ0n) is 14.3. The number of methoxy groups -OCH3 is 1. The van der Waals surface area contributed by atoms with E-state index in [0.29, 0.717) is 11.4 Å². The highest BCUT2D eigenvalue weighted by Gasteiger charge is 2.22. The van der Waals surface area contributed by atoms with Crippen molar-refractivity contribution < 1.29 is 13.2 Å². The van der Waals surface area contributed by atoms with Gasteiger partial charge in [0.2, 0.25) is 0 Å². The molecule has 25 heavy (non-hydrogen) atoms. The summed E-state index contributed by atoms with van der Waals surface area (Å²) in [6, 6.07) is 12.6. The number of sulfonamides is 1. The molecule has 0 bridgehead atoms. The predicted molar refractivity (Wildman–Crippen MR) is 109 cm³/mol. The van der Waals surface area contributed by atoms with Crippen LogP contribution < -0.4 is 13.9 Å². The van der Waals surface area contributed by atoms with Crippen molar-refractivity contribution in [3.63, 3.8) is 0 Å². The van der Waals surface area contributed by atoms with Crippen molar-refractivity contribution in [1.82, 2.24) is 0 Å². The fraction of sp³-hybridized carbons (Fsp3) is 0.333. The van der Waals surface area contributed by atoms with E-state index >= 15 is 0 Å². The Morgan fingerprint density at radius 1 is 1.08 bits per heavy atom. The van der Waals surface area contributed by atoms with Gasteiger partial charge in [-0.3, -0.25) is 4.31 Å². The Morgan fingerprint density at radius 2 is 1.72 bits per heavy atom. The Balaban J connectivity index is 1.85. The second-order valence-corrected chi connectivity index (χ2v) is 9.11. The molecule has 5 nitrogen and oxygen atoms in total. The summed E-state index contributed by atoms with van der Waals surface area (Å²) in [6.07, 6.45) is 2.43. The highest BCUT2D eigenvalue weighted by Crippen LogP contribution is 2.29. The molecule has 1 aliphatic heterocycles. The van der Waals surface area contributed by atoms with E-state index < -0.39 is 10.0 Å². The van der Waals surface area contributed by atoms with Crippen molar-refractivity contribution in [3.05, 3.63) is 46.0 Å². The van der Waals surface area contributed by atoms with Gasteiger partial charge in [0.15, 0.2) is 0 Å². The second kappa shape index (κ2) is 7.41. The molecule has 1 aliphatic rings. The highest BCUT2D eigenvalue weighted by molar-refractivity contribution is 14.1. The normalized spacial score (nSPS) is 14.6. The molecule has 0 atom stereocenters. The first-order valence-electron chi connectivity index (χ1n) is 8.11. The van der Waals surface area contributed by atoms with Gasteiger partial charge >= 0.3 is 0 Å². The van der Waals surface area contributed by atoms with E-state index in [2.05, 4.69) is 27.5 Å². The van der Waals surface area contributed by atoms with Gasteiger partial charge in [0.05, 0.1) is 21.3 Å². The highest BCUT2D eigenvalue weighted by atomic mass is 127. The average Bonchev–Trinajstić information content (AvgIpc) is 3.15. The lowest BCUT2D eigenvalue weighted by Gasteiger charge is -2.22. The van der Waals surface area contributed by atoms with Crippen LogP contribution in [-0.4, -0.2) is 35.7 Å². The molecule has 0 aliphatic carbocycles. The molecule has 2 aromatic carbocycles. The quantitative estimate of drug-likeness (QED) is 0.623. The van der Waals surface area contributed by atoms with Crippen molar-refractivity contribution in [2.75, 3.05) is 36.5 Å². The van der Waals surface area contributed by atoms with Crippen molar-refractivity contribution in [1.29, 1.82) is 0 Å². The van der Waals surface area contributed by atoms with Crippen LogP contribution in [0.15, 0.2) is 47.4 Å². The third-order valence-electron chi connectivity index (χ3n) is 4.47. The Kier molecular flexibility index (Phi) is 5.43. The van der Waals surface area contributed by atoms with Crippen molar-refractivity contribution in [3.8, 4) is 5.75 Å². The van der Waals surface area contributed by atoms with Gasteiger partial charge < -0.3 is 9.64 Å². The van der Waals surface area contributed by atoms with E-state index in [0.717, 1.165) is 22.3 Å². The SMILES string of the molecule is COc1ccc(S(=O)(=O)N(C)c2ccc(N3CCCC3)cc2)cc1I. The third kappa shape index (κ3) is 3.72. The molecule has 7 heteroatoms. The summed E-state index contributed by atoms with van der Waals surface area (Å²) in [5, 5.41) is 0. The average molecular weight is 472 g/mol. The summed E-state index contributed by atoms with van der Waals surface area (Å²) in [6.45, 7) is 2.13. The minimum Gasteiger partial charge on any atom is -0.496 e. The molecule has 0 aromatic heterocycles. The summed E-state index contributed by atoms with van der Waals surface area (Å²) >= 11 is 2.08. The van der Waals surface area contributed by atoms with Crippen LogP contribution >= 0.6 is 22.6 Å². The smallest absolute Gasteiger partial charge is 0.264 e. The number of ether oxygens (including phenoxy) is 1. The van der Waals surface area contributed by atoms with Crippen LogP contribution in [0.1, 0.15) is 12.8 Å². The zero-order valence-corrected chi connectivity index (χ0v) is 17.2. The van der Waals surface area contributed by atoms with E-state index in [1.807, 2.05) is 24.3 Å². The molecule has 1 saturated heterocycles. The maximum atomic E-state index is 12.9. The summed E-state index contributed by atoms with van der Waals surface area (Å²) in [5.41, 5.74) is 1.79. The fourth-order valence-corrected chi connectivity index (χ4v) is 5.12. The van der Waals surface area contributed by atoms with E-state index in [4.69, 9.17) is 4.74 Å². The first kappa shape index (κ1) is 18.3. The first-order chi connectivity index (χ1) is 11.9. The monoisotopic (exact) mass is 472 g/mol. The van der Waals surface area contributed by atoms with Crippen LogP contribution in [0.4, 0.5) is 11.4 Å². The largest absolute Gasteiger partial charge is 0.496 e. The number of halogens is 1. The number of anilines is 2. The van der Waals surface area contributed by atoms with Gasteiger partial charge in [-0.2, -0.15) is 0 Å². The molecule has 0 saturated carbocycles. The Labute approximate surface area is 162 Å². The lowest BCUT2D eigenvalue weighted by Crippen LogP contribution is -2.26. The summed E-state index contributed by atoms with van der Waals surface area (Å²) in [5.74, 6) is 0.664. The number of hydrogen-bond acceptors (Lipinski definition) is 4. The second-order valence-electron chi connectivity index (χ2n) is 5.98. The summed E-state index contributed by atoms with van der Waals surface area (Å²) in [7, 11) is -0.462. The molecule has 0 radical (unpaired) electrons. The summed E-state index contributed by atoms with van der Waals surface area (Å²) in [4.78, 5) is 2.58. The maximum Gasteiger partial charge on any atom is 0.264 e. The molecule has 1 fully saturated rings. The number of benzene rings is 2. The predicted octanol–water partition coefficient (Wildman–Crippen LogP) is 3.73. The van der Waals surface area contributed by atoms with Gasteiger partial charge in [-0.25, -0.2) is 8.42 Å². The van der Waals surface area contributed by atoms with Crippen LogP contribution in [0.5, 0.6) is 5.75 Å². The van der Waals surface area contributed by atoms with E-state index in [9.17, 15) is 8.42 Å². The van der Waals surface area contributed by atoms with Crippen molar-refractivity contribution >= 4 is 44.0 Å². The molecular formula is C18H21IN2O3S. The van der Waals surface area contributed by atoms with Crippen LogP contribution in [0.25, 0.3) is 0 Å². The van der Waals surface area contributed by atoms with Crippen LogP contribution in [0.2, 0.25) is 0 Å². The van der Waals surface area contributed by atoms with Crippen LogP contribution in [0, 0.1) is 3.57 Å². The van der Waals surface area contributed by atoms with Crippen molar-refractivity contribution in [2.24, 2.45) is 0 Å². The lowest BCUT2D eigenvalue weighted by atomic mass is 10.2. The van der Waals surface area contributed by atoms with Gasteiger partial charge in [0, 0.05) is 25.8 Å². The summed E-state index contributed by atoms with van der Waals surface area (Å²) < 4.78 is 33.1. The standard InChI is InChI=1S/C18H21IN2O3S/c1-20(14-5-7-15(8-6-14)21-11-3-4-12-21)25(22,23)16-9-10-18(24-2)17(19)13-16/h5-10,13H,3-4,11-12H2,1-2H3. The van der Waals surface area contributed by atoms with Gasteiger partial charge in [-0.05, 0) is 77.9 Å². The van der Waals surface area contributed by atoms with Gasteiger partial charge in [-0.1, -0.05) is 0 Å². The molecule has 0 spiro atoms. The zero-order chi connectivity index (χ0) is 18.0. The van der Waals surface area contributed by atoms with Crippen LogP contribution in [0.3, 0.4) is 0 Å². The van der Waals surface area contributed by atoms with Gasteiger partial charge in [0.25, 0.3) is 10.0 Å². The molecule has 2 aromatic rings. The van der Waals surface area contributed by atoms with Gasteiger partial charge in [-0.15, -0.1) is 0 Å². The molecule has 3 rings (SSSR count).